The van der Waals surface area contributed by atoms with Gasteiger partial charge in [-0.15, -0.1) is 0 Å². The van der Waals surface area contributed by atoms with Gasteiger partial charge in [0, 0.05) is 61.6 Å². The second-order valence-electron chi connectivity index (χ2n) is 12.0. The third-order valence-corrected chi connectivity index (χ3v) is 9.31. The molecule has 5 heterocycles. The molecule has 4 aromatic rings. The number of nitrogens with zero attached hydrogens (tertiary/aromatic N) is 6. The zero-order valence-corrected chi connectivity index (χ0v) is 23.6. The second kappa shape index (κ2) is 9.99. The number of piperazine rings is 1. The average molecular weight is 569 g/mol. The molecular formula is C31H33ClN8O. The Morgan fingerprint density at radius 1 is 1.00 bits per heavy atom. The number of anilines is 3. The molecule has 0 spiro atoms. The number of benzene rings is 1. The van der Waals surface area contributed by atoms with Crippen molar-refractivity contribution in [3.05, 3.63) is 77.0 Å². The maximum atomic E-state index is 12.9. The van der Waals surface area contributed by atoms with Crippen molar-refractivity contribution in [3.63, 3.8) is 0 Å². The summed E-state index contributed by atoms with van der Waals surface area (Å²) < 4.78 is 2.22. The van der Waals surface area contributed by atoms with Crippen molar-refractivity contribution in [3.8, 4) is 0 Å². The topological polar surface area (TPSA) is 90.7 Å². The molecule has 2 N–H and O–H groups in total. The molecule has 2 aliphatic heterocycles. The molecule has 0 radical (unpaired) electrons. The van der Waals surface area contributed by atoms with Crippen molar-refractivity contribution < 1.29 is 4.79 Å². The van der Waals surface area contributed by atoms with E-state index in [0.717, 1.165) is 43.0 Å². The first-order chi connectivity index (χ1) is 20.1. The fraction of sp³-hybridized carbons (Fsp3) is 0.419. The molecule has 9 nitrogen and oxygen atoms in total. The number of nitrogens with one attached hydrogen (secondary N) is 2. The first kappa shape index (κ1) is 25.1. The fourth-order valence-corrected chi connectivity index (χ4v) is 6.82. The van der Waals surface area contributed by atoms with Crippen LogP contribution in [-0.2, 0) is 11.3 Å². The van der Waals surface area contributed by atoms with E-state index in [-0.39, 0.29) is 17.7 Å². The maximum absolute atomic E-state index is 12.9. The molecule has 4 atom stereocenters. The van der Waals surface area contributed by atoms with E-state index in [1.807, 2.05) is 24.3 Å². The number of fused-ring (bicyclic) bond motifs is 3. The smallest absolute Gasteiger partial charge is 0.229 e. The number of carbonyl (C=O) groups is 1. The monoisotopic (exact) mass is 568 g/mol. The summed E-state index contributed by atoms with van der Waals surface area (Å²) in [7, 11) is 0. The van der Waals surface area contributed by atoms with Crippen LogP contribution in [0.4, 0.5) is 17.3 Å². The summed E-state index contributed by atoms with van der Waals surface area (Å²) in [5.74, 6) is 1.92. The van der Waals surface area contributed by atoms with Crippen molar-refractivity contribution in [2.75, 3.05) is 41.7 Å². The molecule has 10 heteroatoms. The highest BCUT2D eigenvalue weighted by molar-refractivity contribution is 6.30. The molecule has 41 heavy (non-hydrogen) atoms. The normalized spacial score (nSPS) is 25.0. The van der Waals surface area contributed by atoms with Crippen LogP contribution in [0.2, 0.25) is 5.02 Å². The van der Waals surface area contributed by atoms with Crippen LogP contribution in [0.1, 0.15) is 54.3 Å². The fourth-order valence-electron chi connectivity index (χ4n) is 6.62. The third-order valence-electron chi connectivity index (χ3n) is 9.08. The number of aromatic nitrogens is 4. The lowest BCUT2D eigenvalue weighted by molar-refractivity contribution is -0.117. The third kappa shape index (κ3) is 5.02. The van der Waals surface area contributed by atoms with Crippen molar-refractivity contribution >= 4 is 40.5 Å². The first-order valence-corrected chi connectivity index (χ1v) is 15.1. The van der Waals surface area contributed by atoms with Gasteiger partial charge in [0.2, 0.25) is 5.91 Å². The van der Waals surface area contributed by atoms with E-state index < -0.39 is 0 Å². The van der Waals surface area contributed by atoms with Gasteiger partial charge in [-0.2, -0.15) is 0 Å². The number of carbonyl (C=O) groups excluding carboxylic acids is 1. The Morgan fingerprint density at radius 2 is 1.90 bits per heavy atom. The number of pyridine rings is 1. The minimum Gasteiger partial charge on any atom is -0.364 e. The van der Waals surface area contributed by atoms with Crippen LogP contribution in [0, 0.1) is 5.92 Å². The van der Waals surface area contributed by atoms with Gasteiger partial charge in [0.15, 0.2) is 5.65 Å². The number of rotatable bonds is 8. The van der Waals surface area contributed by atoms with E-state index in [1.165, 1.54) is 43.4 Å². The zero-order chi connectivity index (χ0) is 27.5. The van der Waals surface area contributed by atoms with Gasteiger partial charge >= 0.3 is 0 Å². The molecule has 2 unspecified atom stereocenters. The zero-order valence-electron chi connectivity index (χ0n) is 22.8. The van der Waals surface area contributed by atoms with Crippen LogP contribution in [-0.4, -0.2) is 62.4 Å². The van der Waals surface area contributed by atoms with Gasteiger partial charge in [0.05, 0.1) is 17.9 Å². The predicted octanol–water partition coefficient (Wildman–Crippen LogP) is 4.90. The standard InChI is InChI=1S/C31H33ClN8O/c32-22-3-1-2-20(10-22)25-12-26(25)31(41)37-29-13-28(34-18-35-29)33-14-23-16-39-15-21(19-4-5-19)11-27(30(39)36-23)40-9-8-38-7-6-24(40)17-38/h1-3,10-11,13,15-16,18-19,24-26H,4-9,12,14,17H2,(H2,33,34,35,37,41)/t24?,25-,26+/m1/s1. The van der Waals surface area contributed by atoms with Crippen molar-refractivity contribution in [1.29, 1.82) is 0 Å². The number of imidazole rings is 1. The lowest BCUT2D eigenvalue weighted by atomic mass is 10.1. The Labute approximate surface area is 243 Å². The molecule has 2 aliphatic carbocycles. The predicted molar refractivity (Wildman–Crippen MR) is 160 cm³/mol. The van der Waals surface area contributed by atoms with Crippen molar-refractivity contribution in [2.45, 2.75) is 50.1 Å². The summed E-state index contributed by atoms with van der Waals surface area (Å²) in [6.07, 6.45) is 10.5. The van der Waals surface area contributed by atoms with Gasteiger partial charge < -0.3 is 19.9 Å². The van der Waals surface area contributed by atoms with Gasteiger partial charge in [0.1, 0.15) is 18.0 Å². The summed E-state index contributed by atoms with van der Waals surface area (Å²) in [6.45, 7) is 5.07. The SMILES string of the molecule is O=C(Nc1cc(NCc2cn3cc(C4CC4)cc(N4CCN5CCC4C5)c3n2)ncn1)[C@H]1C[C@@H]1c1cccc(Cl)c1. The van der Waals surface area contributed by atoms with Crippen molar-refractivity contribution in [2.24, 2.45) is 5.92 Å². The number of hydrogen-bond donors (Lipinski definition) is 2. The number of amides is 1. The van der Waals surface area contributed by atoms with Crippen LogP contribution >= 0.6 is 11.6 Å². The van der Waals surface area contributed by atoms with E-state index in [0.29, 0.717) is 35.2 Å². The minimum atomic E-state index is -0.0697. The van der Waals surface area contributed by atoms with Crippen LogP contribution in [0.25, 0.3) is 5.65 Å². The van der Waals surface area contributed by atoms with Crippen LogP contribution in [0.3, 0.4) is 0 Å². The average Bonchev–Trinajstić information content (AvgIpc) is 3.90. The Kier molecular flexibility index (Phi) is 6.11. The molecular weight excluding hydrogens is 536 g/mol. The molecule has 210 valence electrons. The highest BCUT2D eigenvalue weighted by Crippen LogP contribution is 2.48. The molecule has 1 aromatic carbocycles. The summed E-state index contributed by atoms with van der Waals surface area (Å²) in [4.78, 5) is 31.8. The molecule has 2 saturated carbocycles. The Bertz CT molecular complexity index is 1630. The molecule has 1 amide bonds. The lowest BCUT2D eigenvalue weighted by Gasteiger charge is -2.36. The van der Waals surface area contributed by atoms with Crippen molar-refractivity contribution in [1.82, 2.24) is 24.3 Å². The lowest BCUT2D eigenvalue weighted by Crippen LogP contribution is -2.47. The maximum Gasteiger partial charge on any atom is 0.229 e. The molecule has 3 aromatic heterocycles. The summed E-state index contributed by atoms with van der Waals surface area (Å²) in [5.41, 5.74) is 5.79. The molecule has 8 rings (SSSR count). The summed E-state index contributed by atoms with van der Waals surface area (Å²) in [5, 5.41) is 7.05. The Hall–Kier alpha value is -3.69. The van der Waals surface area contributed by atoms with Gasteiger partial charge in [-0.1, -0.05) is 23.7 Å². The Morgan fingerprint density at radius 3 is 2.78 bits per heavy atom. The molecule has 2 saturated heterocycles. The van der Waals surface area contributed by atoms with E-state index >= 15 is 0 Å². The number of halogens is 1. The van der Waals surface area contributed by atoms with Crippen LogP contribution < -0.4 is 15.5 Å². The Balaban J connectivity index is 0.963. The molecule has 4 aliphatic rings. The first-order valence-electron chi connectivity index (χ1n) is 14.7. The largest absolute Gasteiger partial charge is 0.364 e. The summed E-state index contributed by atoms with van der Waals surface area (Å²) in [6, 6.07) is 12.5. The molecule has 2 bridgehead atoms. The second-order valence-corrected chi connectivity index (χ2v) is 12.4. The van der Waals surface area contributed by atoms with E-state index in [9.17, 15) is 4.79 Å². The number of hydrogen-bond acceptors (Lipinski definition) is 7. The van der Waals surface area contributed by atoms with Crippen LogP contribution in [0.5, 0.6) is 0 Å². The quantitative estimate of drug-likeness (QED) is 0.312. The van der Waals surface area contributed by atoms with Gasteiger partial charge in [-0.25, -0.2) is 15.0 Å². The van der Waals surface area contributed by atoms with E-state index in [4.69, 9.17) is 16.6 Å². The van der Waals surface area contributed by atoms with Crippen LogP contribution in [0.15, 0.2) is 55.1 Å². The highest BCUT2D eigenvalue weighted by Gasteiger charge is 2.44. The van der Waals surface area contributed by atoms with E-state index in [2.05, 4.69) is 53.3 Å². The summed E-state index contributed by atoms with van der Waals surface area (Å²) >= 11 is 6.13. The van der Waals surface area contributed by atoms with E-state index in [1.54, 1.807) is 6.07 Å². The van der Waals surface area contributed by atoms with Gasteiger partial charge in [-0.3, -0.25) is 9.69 Å². The highest BCUT2D eigenvalue weighted by atomic mass is 35.5. The molecule has 4 fully saturated rings. The van der Waals surface area contributed by atoms with Gasteiger partial charge in [0.25, 0.3) is 0 Å². The van der Waals surface area contributed by atoms with Gasteiger partial charge in [-0.05, 0) is 66.8 Å². The minimum absolute atomic E-state index is 0.0259.